The lowest BCUT2D eigenvalue weighted by Crippen LogP contribution is -2.46. The molecule has 0 aromatic heterocycles. The quantitative estimate of drug-likeness (QED) is 0.0244. The number of amides is 1. The van der Waals surface area contributed by atoms with Crippen molar-refractivity contribution in [3.63, 3.8) is 0 Å². The van der Waals surface area contributed by atoms with Crippen molar-refractivity contribution >= 4 is 11.9 Å². The van der Waals surface area contributed by atoms with E-state index in [9.17, 15) is 19.8 Å². The molecule has 68 heavy (non-hydrogen) atoms. The van der Waals surface area contributed by atoms with Gasteiger partial charge in [-0.2, -0.15) is 0 Å². The average Bonchev–Trinajstić information content (AvgIpc) is 3.33. The molecule has 0 saturated heterocycles. The van der Waals surface area contributed by atoms with Crippen LogP contribution in [0.2, 0.25) is 0 Å². The second kappa shape index (κ2) is 55.0. The number of rotatable bonds is 51. The van der Waals surface area contributed by atoms with Gasteiger partial charge < -0.3 is 20.3 Å². The van der Waals surface area contributed by atoms with Crippen LogP contribution in [-0.2, 0) is 14.3 Å². The number of carbonyl (C=O) groups is 2. The average molecular weight is 949 g/mol. The van der Waals surface area contributed by atoms with E-state index in [0.717, 1.165) is 89.9 Å². The highest BCUT2D eigenvalue weighted by molar-refractivity contribution is 5.77. The van der Waals surface area contributed by atoms with Crippen molar-refractivity contribution in [3.05, 3.63) is 85.1 Å². The third-order valence-corrected chi connectivity index (χ3v) is 12.7. The summed E-state index contributed by atoms with van der Waals surface area (Å²) in [7, 11) is 0. The molecule has 0 heterocycles. The van der Waals surface area contributed by atoms with Crippen molar-refractivity contribution in [1.82, 2.24) is 5.32 Å². The third kappa shape index (κ3) is 49.5. The zero-order chi connectivity index (χ0) is 49.5. The van der Waals surface area contributed by atoms with Crippen LogP contribution in [0.5, 0.6) is 0 Å². The van der Waals surface area contributed by atoms with E-state index in [4.69, 9.17) is 4.74 Å². The molecule has 0 aliphatic heterocycles. The monoisotopic (exact) mass is 948 g/mol. The summed E-state index contributed by atoms with van der Waals surface area (Å²) in [5.74, 6) is -0.542. The van der Waals surface area contributed by atoms with E-state index < -0.39 is 18.2 Å². The first-order valence-electron chi connectivity index (χ1n) is 28.8. The minimum atomic E-state index is -0.810. The molecule has 0 fully saturated rings. The fraction of sp³-hybridized carbons (Fsp3) is 0.742. The Labute approximate surface area is 421 Å². The second-order valence-corrected chi connectivity index (χ2v) is 19.3. The number of ether oxygens (including phenoxy) is 1. The van der Waals surface area contributed by atoms with Crippen LogP contribution in [0.4, 0.5) is 0 Å². The molecule has 1 amide bonds. The highest BCUT2D eigenvalue weighted by atomic mass is 16.5. The van der Waals surface area contributed by atoms with Gasteiger partial charge in [0.05, 0.1) is 25.2 Å². The van der Waals surface area contributed by atoms with E-state index >= 15 is 0 Å². The first kappa shape index (κ1) is 65.0. The molecule has 3 N–H and O–H groups in total. The van der Waals surface area contributed by atoms with Gasteiger partial charge in [-0.3, -0.25) is 9.59 Å². The van der Waals surface area contributed by atoms with Gasteiger partial charge in [-0.25, -0.2) is 0 Å². The van der Waals surface area contributed by atoms with Gasteiger partial charge in [-0.05, 0) is 89.9 Å². The SMILES string of the molecule is CC/C=C\C/C=C\C/C=C\C/C=C\C/C=C\CCCC(CC(=O)NC(CO)C(O)CCCCCCCCCCCCCCCCCCC)OC(=O)CCCCCCCC/C=C/C=C/CCCCC. The third-order valence-electron chi connectivity index (χ3n) is 12.7. The molecule has 0 bridgehead atoms. The summed E-state index contributed by atoms with van der Waals surface area (Å²) >= 11 is 0. The van der Waals surface area contributed by atoms with Crippen LogP contribution in [0, 0.1) is 0 Å². The smallest absolute Gasteiger partial charge is 0.306 e. The zero-order valence-corrected chi connectivity index (χ0v) is 44.7. The number of nitrogens with one attached hydrogen (secondary N) is 1. The van der Waals surface area contributed by atoms with Gasteiger partial charge in [0.1, 0.15) is 6.10 Å². The molecule has 3 unspecified atom stereocenters. The molecule has 0 aromatic carbocycles. The number of aliphatic hydroxyl groups excluding tert-OH is 2. The molecule has 0 rings (SSSR count). The lowest BCUT2D eigenvalue weighted by Gasteiger charge is -2.24. The summed E-state index contributed by atoms with van der Waals surface area (Å²) in [4.78, 5) is 26.3. The van der Waals surface area contributed by atoms with Gasteiger partial charge in [-0.15, -0.1) is 0 Å². The van der Waals surface area contributed by atoms with Crippen LogP contribution in [0.15, 0.2) is 85.1 Å². The number of hydrogen-bond acceptors (Lipinski definition) is 5. The van der Waals surface area contributed by atoms with Crippen molar-refractivity contribution < 1.29 is 24.5 Å². The number of unbranched alkanes of at least 4 members (excludes halogenated alkanes) is 26. The minimum Gasteiger partial charge on any atom is -0.462 e. The van der Waals surface area contributed by atoms with Crippen molar-refractivity contribution in [2.45, 2.75) is 289 Å². The van der Waals surface area contributed by atoms with Crippen molar-refractivity contribution in [2.75, 3.05) is 6.61 Å². The van der Waals surface area contributed by atoms with Gasteiger partial charge >= 0.3 is 5.97 Å². The van der Waals surface area contributed by atoms with Crippen LogP contribution < -0.4 is 5.32 Å². The molecule has 6 heteroatoms. The number of hydrogen-bond donors (Lipinski definition) is 3. The Morgan fingerprint density at radius 2 is 0.853 bits per heavy atom. The van der Waals surface area contributed by atoms with E-state index in [0.29, 0.717) is 19.3 Å². The molecule has 3 atom stereocenters. The van der Waals surface area contributed by atoms with E-state index in [-0.39, 0.29) is 24.9 Å². The van der Waals surface area contributed by atoms with Gasteiger partial charge in [-0.1, -0.05) is 254 Å². The fourth-order valence-corrected chi connectivity index (χ4v) is 8.40. The van der Waals surface area contributed by atoms with Crippen molar-refractivity contribution in [3.8, 4) is 0 Å². The van der Waals surface area contributed by atoms with Crippen LogP contribution in [0.25, 0.3) is 0 Å². The van der Waals surface area contributed by atoms with E-state index in [2.05, 4.69) is 111 Å². The highest BCUT2D eigenvalue weighted by Crippen LogP contribution is 2.17. The molecule has 6 nitrogen and oxygen atoms in total. The van der Waals surface area contributed by atoms with Crippen LogP contribution in [0.3, 0.4) is 0 Å². The molecular formula is C62H109NO5. The van der Waals surface area contributed by atoms with Gasteiger partial charge in [0, 0.05) is 6.42 Å². The summed E-state index contributed by atoms with van der Waals surface area (Å²) in [6.07, 6.45) is 72.2. The highest BCUT2D eigenvalue weighted by Gasteiger charge is 2.24. The molecule has 0 aliphatic carbocycles. The lowest BCUT2D eigenvalue weighted by molar-refractivity contribution is -0.151. The Hall–Kier alpha value is -2.96. The van der Waals surface area contributed by atoms with Gasteiger partial charge in [0.25, 0.3) is 0 Å². The Morgan fingerprint density at radius 3 is 1.34 bits per heavy atom. The lowest BCUT2D eigenvalue weighted by atomic mass is 10.0. The maximum atomic E-state index is 13.3. The minimum absolute atomic E-state index is 0.0306. The summed E-state index contributed by atoms with van der Waals surface area (Å²) in [5, 5.41) is 23.9. The normalized spacial score (nSPS) is 13.8. The van der Waals surface area contributed by atoms with E-state index in [1.54, 1.807) is 0 Å². The largest absolute Gasteiger partial charge is 0.462 e. The van der Waals surface area contributed by atoms with Crippen molar-refractivity contribution in [2.24, 2.45) is 0 Å². The summed E-state index contributed by atoms with van der Waals surface area (Å²) in [6, 6.07) is -0.727. The summed E-state index contributed by atoms with van der Waals surface area (Å²) < 4.78 is 5.92. The maximum absolute atomic E-state index is 13.3. The maximum Gasteiger partial charge on any atom is 0.306 e. The molecule has 392 valence electrons. The summed E-state index contributed by atoms with van der Waals surface area (Å²) in [6.45, 7) is 6.34. The predicted octanol–water partition coefficient (Wildman–Crippen LogP) is 17.9. The van der Waals surface area contributed by atoms with Crippen LogP contribution >= 0.6 is 0 Å². The zero-order valence-electron chi connectivity index (χ0n) is 44.7. The number of esters is 1. The molecule has 0 saturated carbocycles. The molecule has 0 radical (unpaired) electrons. The Morgan fingerprint density at radius 1 is 0.456 bits per heavy atom. The predicted molar refractivity (Wildman–Crippen MR) is 296 cm³/mol. The van der Waals surface area contributed by atoms with Crippen molar-refractivity contribution in [1.29, 1.82) is 0 Å². The fourth-order valence-electron chi connectivity index (χ4n) is 8.40. The Balaban J connectivity index is 4.66. The van der Waals surface area contributed by atoms with Crippen LogP contribution in [0.1, 0.15) is 271 Å². The topological polar surface area (TPSA) is 95.9 Å². The number of allylic oxidation sites excluding steroid dienone is 14. The first-order chi connectivity index (χ1) is 33.5. The summed E-state index contributed by atoms with van der Waals surface area (Å²) in [5.41, 5.74) is 0. The molecular weight excluding hydrogens is 839 g/mol. The van der Waals surface area contributed by atoms with Gasteiger partial charge in [0.2, 0.25) is 5.91 Å². The standard InChI is InChI=1S/C62H109NO5/c1-4-7-10-13-16-19-22-25-28-30-33-35-38-41-44-47-50-53-58(68-62(67)55-52-49-46-43-40-37-32-27-24-21-18-15-12-9-6-3)56-61(66)63-59(57-64)60(65)54-51-48-45-42-39-36-34-31-29-26-23-20-17-14-11-8-5-2/h7,10,16,18-19,21,24-25,27-28,33,35,41,44,58-60,64-65H,4-6,8-9,11-15,17,20,22-23,26,29-32,34,36-40,42-43,45-57H2,1-3H3,(H,63,66)/b10-7-,19-16-,21-18+,27-24+,28-25-,35-33-,44-41-. The van der Waals surface area contributed by atoms with E-state index in [1.165, 1.54) is 135 Å². The second-order valence-electron chi connectivity index (χ2n) is 19.3. The molecule has 0 aliphatic rings. The molecule has 0 spiro atoms. The Bertz CT molecular complexity index is 1290. The molecule has 0 aromatic rings. The number of aliphatic hydroxyl groups is 2. The van der Waals surface area contributed by atoms with E-state index in [1.807, 2.05) is 0 Å². The number of carbonyl (C=O) groups excluding carboxylic acids is 2. The van der Waals surface area contributed by atoms with Gasteiger partial charge in [0.15, 0.2) is 0 Å². The first-order valence-corrected chi connectivity index (χ1v) is 28.8. The van der Waals surface area contributed by atoms with Crippen LogP contribution in [-0.4, -0.2) is 46.9 Å². The Kier molecular flexibility index (Phi) is 52.6.